The second-order valence-electron chi connectivity index (χ2n) is 1.98. The molecule has 12 heavy (non-hydrogen) atoms. The minimum atomic E-state index is -0.113. The van der Waals surface area contributed by atoms with E-state index in [9.17, 15) is 4.79 Å². The number of nitrogens with zero attached hydrogens (tertiary/aromatic N) is 1. The molecule has 0 unspecified atom stereocenters. The topological polar surface area (TPSA) is 62.7 Å². The number of hydrogen-bond donors (Lipinski definition) is 2. The molecule has 0 aromatic carbocycles. The van der Waals surface area contributed by atoms with Crippen LogP contribution in [-0.2, 0) is 9.53 Å². The maximum absolute atomic E-state index is 10.9. The van der Waals surface area contributed by atoms with Gasteiger partial charge in [-0.15, -0.1) is 5.10 Å². The van der Waals surface area contributed by atoms with Gasteiger partial charge in [0.2, 0.25) is 5.91 Å². The van der Waals surface area contributed by atoms with Crippen LogP contribution in [0.4, 0.5) is 0 Å². The van der Waals surface area contributed by atoms with Crippen molar-refractivity contribution in [3.63, 3.8) is 0 Å². The fourth-order valence-corrected chi connectivity index (χ4v) is 0.542. The molecule has 0 atom stereocenters. The number of carbonyl (C=O) groups excluding carboxylic acids is 1. The Hall–Kier alpha value is -1.26. The number of nitrogens with one attached hydrogen (secondary N) is 2. The fourth-order valence-electron chi connectivity index (χ4n) is 0.542. The minimum absolute atomic E-state index is 0.113. The molecule has 0 aliphatic carbocycles. The summed E-state index contributed by atoms with van der Waals surface area (Å²) in [5.41, 5.74) is 2.53. The third-order valence-electron chi connectivity index (χ3n) is 1.06. The molecule has 0 rings (SSSR count). The number of amidine groups is 1. The first-order chi connectivity index (χ1) is 5.74. The van der Waals surface area contributed by atoms with E-state index in [1.54, 1.807) is 14.0 Å². The van der Waals surface area contributed by atoms with E-state index in [1.165, 1.54) is 0 Å². The third kappa shape index (κ3) is 4.54. The van der Waals surface area contributed by atoms with Crippen LogP contribution in [-0.4, -0.2) is 25.6 Å². The first-order valence-corrected chi connectivity index (χ1v) is 3.91. The Morgan fingerprint density at radius 3 is 2.58 bits per heavy atom. The molecule has 5 heteroatoms. The molecule has 0 aliphatic rings. The van der Waals surface area contributed by atoms with Crippen LogP contribution >= 0.6 is 0 Å². The summed E-state index contributed by atoms with van der Waals surface area (Å²) in [7, 11) is 1.64. The van der Waals surface area contributed by atoms with Crippen molar-refractivity contribution in [1.29, 1.82) is 0 Å². The van der Waals surface area contributed by atoms with Crippen molar-refractivity contribution in [2.24, 2.45) is 5.10 Å². The van der Waals surface area contributed by atoms with Crippen molar-refractivity contribution in [1.82, 2.24) is 10.7 Å². The van der Waals surface area contributed by atoms with Crippen LogP contribution in [0, 0.1) is 0 Å². The van der Waals surface area contributed by atoms with Gasteiger partial charge in [0.05, 0.1) is 6.61 Å². The zero-order valence-electron chi connectivity index (χ0n) is 7.68. The predicted octanol–water partition coefficient (Wildman–Crippen LogP) is 0.0395. The van der Waals surface area contributed by atoms with Crippen LogP contribution < -0.4 is 10.7 Å². The summed E-state index contributed by atoms with van der Waals surface area (Å²) in [5, 5.41) is 6.21. The van der Waals surface area contributed by atoms with Crippen LogP contribution in [0.1, 0.15) is 20.3 Å². The Kier molecular flexibility index (Phi) is 5.77. The summed E-state index contributed by atoms with van der Waals surface area (Å²) in [6.07, 6.45) is 0.413. The van der Waals surface area contributed by atoms with Gasteiger partial charge >= 0.3 is 6.02 Å². The maximum atomic E-state index is 10.9. The van der Waals surface area contributed by atoms with Gasteiger partial charge in [-0.1, -0.05) is 6.92 Å². The van der Waals surface area contributed by atoms with E-state index in [0.717, 1.165) is 0 Å². The summed E-state index contributed by atoms with van der Waals surface area (Å²) in [6, 6.07) is 0.215. The quantitative estimate of drug-likeness (QED) is 0.360. The lowest BCUT2D eigenvalue weighted by atomic mass is 10.5. The molecular weight excluding hydrogens is 158 g/mol. The standard InChI is InChI=1S/C7H15N3O2/c1-4-6(11)9-7(10-8-3)12-5-2/h8H,4-5H2,1-3H3,(H,9,10,11). The van der Waals surface area contributed by atoms with Crippen LogP contribution in [0.2, 0.25) is 0 Å². The first-order valence-electron chi connectivity index (χ1n) is 3.91. The molecule has 0 aliphatic heterocycles. The molecule has 0 saturated heterocycles. The van der Waals surface area contributed by atoms with Gasteiger partial charge in [0.25, 0.3) is 0 Å². The average molecular weight is 173 g/mol. The first kappa shape index (κ1) is 10.7. The van der Waals surface area contributed by atoms with Gasteiger partial charge in [0.15, 0.2) is 0 Å². The van der Waals surface area contributed by atoms with Gasteiger partial charge in [0.1, 0.15) is 0 Å². The van der Waals surface area contributed by atoms with Gasteiger partial charge < -0.3 is 10.2 Å². The molecular formula is C7H15N3O2. The molecule has 0 spiro atoms. The second-order valence-corrected chi connectivity index (χ2v) is 1.98. The lowest BCUT2D eigenvalue weighted by Gasteiger charge is -2.06. The van der Waals surface area contributed by atoms with Gasteiger partial charge in [-0.2, -0.15) is 0 Å². The van der Waals surface area contributed by atoms with Crippen molar-refractivity contribution < 1.29 is 9.53 Å². The molecule has 5 nitrogen and oxygen atoms in total. The van der Waals surface area contributed by atoms with Gasteiger partial charge in [-0.3, -0.25) is 10.1 Å². The second kappa shape index (κ2) is 6.45. The van der Waals surface area contributed by atoms with Crippen LogP contribution in [0.5, 0.6) is 0 Å². The molecule has 0 bridgehead atoms. The molecule has 70 valence electrons. The molecule has 0 radical (unpaired) electrons. The van der Waals surface area contributed by atoms with E-state index in [1.807, 2.05) is 6.92 Å². The van der Waals surface area contributed by atoms with E-state index < -0.39 is 0 Å². The molecule has 0 aromatic heterocycles. The van der Waals surface area contributed by atoms with E-state index in [2.05, 4.69) is 15.8 Å². The largest absolute Gasteiger partial charge is 0.464 e. The van der Waals surface area contributed by atoms with Gasteiger partial charge in [-0.05, 0) is 6.92 Å². The zero-order valence-corrected chi connectivity index (χ0v) is 7.68. The Bertz CT molecular complexity index is 168. The van der Waals surface area contributed by atoms with Crippen molar-refractivity contribution in [2.75, 3.05) is 13.7 Å². The van der Waals surface area contributed by atoms with Crippen molar-refractivity contribution >= 4 is 11.9 Å². The smallest absolute Gasteiger partial charge is 0.313 e. The number of carbonyl (C=O) groups is 1. The number of hydrogen-bond acceptors (Lipinski definition) is 4. The Labute approximate surface area is 72.2 Å². The van der Waals surface area contributed by atoms with E-state index >= 15 is 0 Å². The molecule has 2 N–H and O–H groups in total. The van der Waals surface area contributed by atoms with Crippen molar-refractivity contribution in [3.8, 4) is 0 Å². The highest BCUT2D eigenvalue weighted by atomic mass is 16.5. The van der Waals surface area contributed by atoms with Gasteiger partial charge in [0, 0.05) is 13.5 Å². The number of ether oxygens (including phenoxy) is 1. The average Bonchev–Trinajstić information content (AvgIpc) is 2.05. The fraction of sp³-hybridized carbons (Fsp3) is 0.714. The van der Waals surface area contributed by atoms with E-state index in [4.69, 9.17) is 4.74 Å². The number of rotatable bonds is 3. The van der Waals surface area contributed by atoms with E-state index in [0.29, 0.717) is 13.0 Å². The van der Waals surface area contributed by atoms with Crippen LogP contribution in [0.15, 0.2) is 5.10 Å². The highest BCUT2D eigenvalue weighted by molar-refractivity contribution is 5.93. The maximum Gasteiger partial charge on any atom is 0.313 e. The molecule has 0 heterocycles. The lowest BCUT2D eigenvalue weighted by molar-refractivity contribution is -0.119. The highest BCUT2D eigenvalue weighted by Crippen LogP contribution is 1.80. The molecule has 0 fully saturated rings. The Balaban J connectivity index is 3.95. The normalized spacial score (nSPS) is 10.8. The Morgan fingerprint density at radius 1 is 1.50 bits per heavy atom. The Morgan fingerprint density at radius 2 is 2.17 bits per heavy atom. The monoisotopic (exact) mass is 173 g/mol. The molecule has 1 amide bonds. The molecule has 0 aromatic rings. The lowest BCUT2D eigenvalue weighted by Crippen LogP contribution is -2.33. The minimum Gasteiger partial charge on any atom is -0.464 e. The zero-order chi connectivity index (χ0) is 9.40. The number of amides is 1. The van der Waals surface area contributed by atoms with Crippen LogP contribution in [0.3, 0.4) is 0 Å². The molecule has 0 saturated carbocycles. The highest BCUT2D eigenvalue weighted by Gasteiger charge is 2.02. The SMILES string of the molecule is CCO/C(=N\NC)NC(=O)CC. The summed E-state index contributed by atoms with van der Waals surface area (Å²) < 4.78 is 5.01. The van der Waals surface area contributed by atoms with Crippen molar-refractivity contribution in [2.45, 2.75) is 20.3 Å². The van der Waals surface area contributed by atoms with Crippen LogP contribution in [0.25, 0.3) is 0 Å². The summed E-state index contributed by atoms with van der Waals surface area (Å²) >= 11 is 0. The predicted molar refractivity (Wildman–Crippen MR) is 46.6 cm³/mol. The van der Waals surface area contributed by atoms with Gasteiger partial charge in [-0.25, -0.2) is 0 Å². The summed E-state index contributed by atoms with van der Waals surface area (Å²) in [4.78, 5) is 10.9. The number of hydrazone groups is 1. The van der Waals surface area contributed by atoms with Crippen molar-refractivity contribution in [3.05, 3.63) is 0 Å². The summed E-state index contributed by atoms with van der Waals surface area (Å²) in [6.45, 7) is 4.06. The third-order valence-corrected chi connectivity index (χ3v) is 1.06. The summed E-state index contributed by atoms with van der Waals surface area (Å²) in [5.74, 6) is -0.113. The van der Waals surface area contributed by atoms with E-state index in [-0.39, 0.29) is 11.9 Å².